The van der Waals surface area contributed by atoms with Crippen LogP contribution in [0.5, 0.6) is 5.75 Å². The first-order valence-corrected chi connectivity index (χ1v) is 9.40. The van der Waals surface area contributed by atoms with Crippen molar-refractivity contribution in [1.82, 2.24) is 10.3 Å². The maximum Gasteiger partial charge on any atom is 0.269 e. The molecule has 0 fully saturated rings. The molecule has 0 atom stereocenters. The zero-order valence-corrected chi connectivity index (χ0v) is 16.0. The van der Waals surface area contributed by atoms with Gasteiger partial charge in [-0.05, 0) is 42.2 Å². The third kappa shape index (κ3) is 5.58. The van der Waals surface area contributed by atoms with Crippen molar-refractivity contribution >= 4 is 11.6 Å². The number of benzene rings is 2. The highest BCUT2D eigenvalue weighted by Gasteiger charge is 2.08. The summed E-state index contributed by atoms with van der Waals surface area (Å²) in [5.74, 6) is 0.654. The fraction of sp³-hybridized carbons (Fsp3) is 0.217. The van der Waals surface area contributed by atoms with E-state index in [0.29, 0.717) is 18.7 Å². The van der Waals surface area contributed by atoms with Crippen molar-refractivity contribution in [2.75, 3.05) is 25.5 Å². The van der Waals surface area contributed by atoms with Crippen LogP contribution in [0.1, 0.15) is 21.6 Å². The molecule has 0 unspecified atom stereocenters. The second-order valence-corrected chi connectivity index (χ2v) is 6.41. The summed E-state index contributed by atoms with van der Waals surface area (Å²) in [7, 11) is 1.65. The summed E-state index contributed by atoms with van der Waals surface area (Å²) in [6, 6.07) is 21.8. The summed E-state index contributed by atoms with van der Waals surface area (Å²) in [5, 5.41) is 6.27. The molecule has 5 heteroatoms. The van der Waals surface area contributed by atoms with Crippen LogP contribution in [-0.2, 0) is 12.8 Å². The molecule has 1 amide bonds. The number of amides is 1. The fourth-order valence-electron chi connectivity index (χ4n) is 2.97. The van der Waals surface area contributed by atoms with Gasteiger partial charge in [-0.15, -0.1) is 0 Å². The Morgan fingerprint density at radius 3 is 2.57 bits per heavy atom. The number of aromatic nitrogens is 1. The van der Waals surface area contributed by atoms with E-state index in [4.69, 9.17) is 4.74 Å². The van der Waals surface area contributed by atoms with Crippen LogP contribution >= 0.6 is 0 Å². The Kier molecular flexibility index (Phi) is 7.01. The number of nitrogens with zero attached hydrogens (tertiary/aromatic N) is 1. The van der Waals surface area contributed by atoms with Gasteiger partial charge in [0, 0.05) is 25.0 Å². The Labute approximate surface area is 165 Å². The molecule has 5 nitrogen and oxygen atoms in total. The quantitative estimate of drug-likeness (QED) is 0.598. The minimum absolute atomic E-state index is 0.179. The van der Waals surface area contributed by atoms with Crippen molar-refractivity contribution in [1.29, 1.82) is 0 Å². The van der Waals surface area contributed by atoms with Gasteiger partial charge in [-0.25, -0.2) is 0 Å². The van der Waals surface area contributed by atoms with Gasteiger partial charge in [0.1, 0.15) is 11.4 Å². The smallest absolute Gasteiger partial charge is 0.269 e. The van der Waals surface area contributed by atoms with E-state index in [-0.39, 0.29) is 5.91 Å². The molecule has 0 saturated carbocycles. The van der Waals surface area contributed by atoms with Gasteiger partial charge in [0.2, 0.25) is 0 Å². The number of carbonyl (C=O) groups excluding carboxylic acids is 1. The van der Waals surface area contributed by atoms with Crippen LogP contribution in [-0.4, -0.2) is 31.1 Å². The lowest BCUT2D eigenvalue weighted by atomic mass is 10.1. The maximum absolute atomic E-state index is 12.4. The third-order valence-corrected chi connectivity index (χ3v) is 4.45. The maximum atomic E-state index is 12.4. The number of hydrogen-bond donors (Lipinski definition) is 2. The zero-order valence-electron chi connectivity index (χ0n) is 16.0. The number of nitrogens with one attached hydrogen (secondary N) is 2. The second-order valence-electron chi connectivity index (χ2n) is 6.41. The van der Waals surface area contributed by atoms with Crippen molar-refractivity contribution in [2.24, 2.45) is 0 Å². The van der Waals surface area contributed by atoms with Crippen molar-refractivity contribution in [3.8, 4) is 5.75 Å². The van der Waals surface area contributed by atoms with Crippen LogP contribution in [0, 0.1) is 0 Å². The Balaban J connectivity index is 1.49. The van der Waals surface area contributed by atoms with Crippen LogP contribution in [0.25, 0.3) is 0 Å². The largest absolute Gasteiger partial charge is 0.496 e. The van der Waals surface area contributed by atoms with Gasteiger partial charge < -0.3 is 15.4 Å². The first kappa shape index (κ1) is 19.4. The summed E-state index contributed by atoms with van der Waals surface area (Å²) in [6.45, 7) is 1.31. The molecular formula is C23H25N3O2. The molecule has 0 spiro atoms. The van der Waals surface area contributed by atoms with E-state index in [1.165, 1.54) is 5.56 Å². The average molecular weight is 375 g/mol. The molecule has 144 valence electrons. The molecule has 1 heterocycles. The zero-order chi connectivity index (χ0) is 19.6. The molecule has 0 aliphatic rings. The van der Waals surface area contributed by atoms with Crippen LogP contribution in [0.15, 0.2) is 72.9 Å². The van der Waals surface area contributed by atoms with E-state index in [0.717, 1.165) is 30.0 Å². The van der Waals surface area contributed by atoms with Crippen LogP contribution in [0.3, 0.4) is 0 Å². The summed E-state index contributed by atoms with van der Waals surface area (Å²) >= 11 is 0. The van der Waals surface area contributed by atoms with Gasteiger partial charge in [-0.2, -0.15) is 0 Å². The Hall–Kier alpha value is -3.34. The summed E-state index contributed by atoms with van der Waals surface area (Å²) in [6.07, 6.45) is 3.27. The lowest BCUT2D eigenvalue weighted by Gasteiger charge is -2.10. The van der Waals surface area contributed by atoms with Gasteiger partial charge in [0.25, 0.3) is 5.91 Å². The van der Waals surface area contributed by atoms with Crippen LogP contribution < -0.4 is 15.4 Å². The van der Waals surface area contributed by atoms with Gasteiger partial charge in [0.05, 0.1) is 7.11 Å². The van der Waals surface area contributed by atoms with Gasteiger partial charge in [0.15, 0.2) is 0 Å². The SMILES string of the molecule is COc1ccccc1CCNC(=O)c1cc(NCCc2ccccc2)ccn1. The third-order valence-electron chi connectivity index (χ3n) is 4.45. The molecule has 0 saturated heterocycles. The topological polar surface area (TPSA) is 63.2 Å². The molecular weight excluding hydrogens is 350 g/mol. The van der Waals surface area contributed by atoms with Gasteiger partial charge in [-0.1, -0.05) is 48.5 Å². The van der Waals surface area contributed by atoms with E-state index < -0.39 is 0 Å². The molecule has 1 aromatic heterocycles. The standard InChI is InChI=1S/C23H25N3O2/c1-28-22-10-6-5-9-19(22)12-15-26-23(27)21-17-20(13-16-25-21)24-14-11-18-7-3-2-4-8-18/h2-10,13,16-17H,11-12,14-15H2,1H3,(H,24,25)(H,26,27). The Bertz CT molecular complexity index is 897. The molecule has 2 aromatic carbocycles. The van der Waals surface area contributed by atoms with E-state index in [9.17, 15) is 4.79 Å². The summed E-state index contributed by atoms with van der Waals surface area (Å²) in [4.78, 5) is 16.6. The number of pyridine rings is 1. The average Bonchev–Trinajstić information content (AvgIpc) is 2.75. The fourth-order valence-corrected chi connectivity index (χ4v) is 2.97. The number of carbonyl (C=O) groups is 1. The molecule has 3 rings (SSSR count). The van der Waals surface area contributed by atoms with E-state index >= 15 is 0 Å². The Morgan fingerprint density at radius 2 is 1.75 bits per heavy atom. The molecule has 0 aliphatic carbocycles. The molecule has 0 aliphatic heterocycles. The van der Waals surface area contributed by atoms with Gasteiger partial charge >= 0.3 is 0 Å². The van der Waals surface area contributed by atoms with Crippen molar-refractivity contribution in [2.45, 2.75) is 12.8 Å². The minimum atomic E-state index is -0.179. The lowest BCUT2D eigenvalue weighted by Crippen LogP contribution is -2.26. The molecule has 0 bridgehead atoms. The van der Waals surface area contributed by atoms with E-state index in [1.807, 2.05) is 48.5 Å². The van der Waals surface area contributed by atoms with Crippen molar-refractivity contribution in [3.63, 3.8) is 0 Å². The highest BCUT2D eigenvalue weighted by molar-refractivity contribution is 5.93. The number of anilines is 1. The van der Waals surface area contributed by atoms with E-state index in [2.05, 4.69) is 27.8 Å². The highest BCUT2D eigenvalue weighted by Crippen LogP contribution is 2.17. The predicted octanol–water partition coefficient (Wildman–Crippen LogP) is 3.72. The number of hydrogen-bond acceptors (Lipinski definition) is 4. The van der Waals surface area contributed by atoms with Crippen molar-refractivity contribution < 1.29 is 9.53 Å². The monoisotopic (exact) mass is 375 g/mol. The number of para-hydroxylation sites is 1. The van der Waals surface area contributed by atoms with Gasteiger partial charge in [-0.3, -0.25) is 9.78 Å². The molecule has 0 radical (unpaired) electrons. The highest BCUT2D eigenvalue weighted by atomic mass is 16.5. The Morgan fingerprint density at radius 1 is 0.964 bits per heavy atom. The molecule has 3 aromatic rings. The first-order valence-electron chi connectivity index (χ1n) is 9.40. The normalized spacial score (nSPS) is 10.3. The number of rotatable bonds is 9. The summed E-state index contributed by atoms with van der Waals surface area (Å²) < 4.78 is 5.34. The summed E-state index contributed by atoms with van der Waals surface area (Å²) in [5.41, 5.74) is 3.64. The number of methoxy groups -OCH3 is 1. The molecule has 2 N–H and O–H groups in total. The minimum Gasteiger partial charge on any atom is -0.496 e. The molecule has 28 heavy (non-hydrogen) atoms. The first-order chi connectivity index (χ1) is 13.8. The predicted molar refractivity (Wildman–Crippen MR) is 112 cm³/mol. The number of ether oxygens (including phenoxy) is 1. The van der Waals surface area contributed by atoms with E-state index in [1.54, 1.807) is 19.4 Å². The van der Waals surface area contributed by atoms with Crippen molar-refractivity contribution in [3.05, 3.63) is 89.7 Å². The lowest BCUT2D eigenvalue weighted by molar-refractivity contribution is 0.0949. The van der Waals surface area contributed by atoms with Crippen LogP contribution in [0.4, 0.5) is 5.69 Å². The second kappa shape index (κ2) is 10.1. The van der Waals surface area contributed by atoms with Crippen LogP contribution in [0.2, 0.25) is 0 Å².